The minimum absolute atomic E-state index is 0.0777. The van der Waals surface area contributed by atoms with Crippen LogP contribution in [-0.4, -0.2) is 99.0 Å². The van der Waals surface area contributed by atoms with Crippen LogP contribution in [0.4, 0.5) is 0 Å². The molecule has 3 fully saturated rings. The maximum atomic E-state index is 10.5. The zero-order chi connectivity index (χ0) is 27.1. The van der Waals surface area contributed by atoms with Crippen molar-refractivity contribution in [3.63, 3.8) is 0 Å². The number of rotatable bonds is 5. The molecule has 9 heteroatoms. The van der Waals surface area contributed by atoms with E-state index < -0.39 is 43.4 Å². The Balaban J connectivity index is 0.00000176. The Hall–Kier alpha value is -0.620. The van der Waals surface area contributed by atoms with Crippen LogP contribution in [0.1, 0.15) is 66.2 Å². The lowest BCUT2D eigenvalue weighted by molar-refractivity contribution is -0.327. The van der Waals surface area contributed by atoms with Crippen molar-refractivity contribution in [2.45, 2.75) is 109 Å². The van der Waals surface area contributed by atoms with Gasteiger partial charge in [0, 0.05) is 12.5 Å². The minimum Gasteiger partial charge on any atom is -0.400 e. The second-order valence-electron chi connectivity index (χ2n) is 12.3. The van der Waals surface area contributed by atoms with Crippen LogP contribution in [-0.2, 0) is 9.47 Å². The number of aliphatic hydroxyl groups is 7. The Bertz CT molecular complexity index is 770. The highest BCUT2D eigenvalue weighted by Crippen LogP contribution is 2.64. The molecule has 0 aromatic carbocycles. The molecule has 3 aliphatic carbocycles. The molecule has 2 saturated carbocycles. The normalized spacial score (nSPS) is 46.9. The summed E-state index contributed by atoms with van der Waals surface area (Å²) in [5.41, 5.74) is 0.879. The Morgan fingerprint density at radius 2 is 1.64 bits per heavy atom. The monoisotopic (exact) mass is 516 g/mol. The summed E-state index contributed by atoms with van der Waals surface area (Å²) in [5.74, 6) is 0.801. The average Bonchev–Trinajstić information content (AvgIpc) is 2.86. The first-order valence-corrected chi connectivity index (χ1v) is 13.3. The quantitative estimate of drug-likeness (QED) is 0.206. The molecule has 210 valence electrons. The second-order valence-corrected chi connectivity index (χ2v) is 12.3. The molecule has 0 aromatic rings. The lowest BCUT2D eigenvalue weighted by Gasteiger charge is -2.62. The van der Waals surface area contributed by atoms with E-state index in [2.05, 4.69) is 26.8 Å². The molecular formula is C27H48O9. The first-order chi connectivity index (χ1) is 16.9. The van der Waals surface area contributed by atoms with Gasteiger partial charge in [-0.3, -0.25) is 0 Å². The van der Waals surface area contributed by atoms with Gasteiger partial charge in [0.2, 0.25) is 0 Å². The SMILES string of the molecule is CC1(C)[C@H]2CCC3=C[C@@](C)([C@@H](O)CO)CC[C@H]3[C@]2(C)CC[C@H]1O[C@@H]1O[C@H](CO)[C@@H](O)[C@H](O)[C@H]1O.CO. The zero-order valence-corrected chi connectivity index (χ0v) is 22.4. The van der Waals surface area contributed by atoms with Gasteiger partial charge in [-0.1, -0.05) is 39.3 Å². The molecule has 0 radical (unpaired) electrons. The summed E-state index contributed by atoms with van der Waals surface area (Å²) >= 11 is 0. The van der Waals surface area contributed by atoms with Gasteiger partial charge in [0.15, 0.2) is 6.29 Å². The third-order valence-corrected chi connectivity index (χ3v) is 10.0. The third-order valence-electron chi connectivity index (χ3n) is 10.0. The number of aliphatic hydroxyl groups excluding tert-OH is 7. The van der Waals surface area contributed by atoms with E-state index in [4.69, 9.17) is 14.6 Å². The number of ether oxygens (including phenoxy) is 2. The maximum Gasteiger partial charge on any atom is 0.186 e. The van der Waals surface area contributed by atoms with Gasteiger partial charge in [0.05, 0.1) is 25.4 Å². The predicted molar refractivity (Wildman–Crippen MR) is 133 cm³/mol. The van der Waals surface area contributed by atoms with Crippen molar-refractivity contribution in [3.8, 4) is 0 Å². The van der Waals surface area contributed by atoms with E-state index in [0.717, 1.165) is 45.6 Å². The van der Waals surface area contributed by atoms with Crippen molar-refractivity contribution in [2.75, 3.05) is 20.3 Å². The van der Waals surface area contributed by atoms with Crippen molar-refractivity contribution in [1.82, 2.24) is 0 Å². The van der Waals surface area contributed by atoms with Crippen LogP contribution < -0.4 is 0 Å². The average molecular weight is 517 g/mol. The van der Waals surface area contributed by atoms with Crippen LogP contribution in [0, 0.1) is 28.1 Å². The Labute approximate surface area is 214 Å². The Morgan fingerprint density at radius 1 is 0.972 bits per heavy atom. The molecule has 9 nitrogen and oxygen atoms in total. The first kappa shape index (κ1) is 29.9. The van der Waals surface area contributed by atoms with E-state index in [1.807, 2.05) is 6.92 Å². The third kappa shape index (κ3) is 5.03. The summed E-state index contributed by atoms with van der Waals surface area (Å²) < 4.78 is 11.9. The fraction of sp³-hybridized carbons (Fsp3) is 0.926. The summed E-state index contributed by atoms with van der Waals surface area (Å²) in [6.45, 7) is 8.14. The standard InChI is InChI=1S/C26H44O8.CH4O/c1-24(2)17-6-5-14-11-25(3,18(29)13-28)9-7-15(14)26(17,4)10-8-19(24)34-23-22(32)21(31)20(30)16(12-27)33-23;1-2/h11,15-23,27-32H,5-10,12-13H2,1-4H3;2H,1H3/t15-,16-,17-,18+,19-,20-,21+,22-,23+,25+,26+;/m1./s1. The van der Waals surface area contributed by atoms with Crippen molar-refractivity contribution in [1.29, 1.82) is 0 Å². The fourth-order valence-electron chi connectivity index (χ4n) is 7.79. The Morgan fingerprint density at radius 3 is 2.25 bits per heavy atom. The summed E-state index contributed by atoms with van der Waals surface area (Å²) in [4.78, 5) is 0. The molecule has 7 N–H and O–H groups in total. The van der Waals surface area contributed by atoms with E-state index in [1.165, 1.54) is 5.57 Å². The van der Waals surface area contributed by atoms with Crippen LogP contribution in [0.3, 0.4) is 0 Å². The van der Waals surface area contributed by atoms with Crippen LogP contribution in [0.15, 0.2) is 11.6 Å². The van der Waals surface area contributed by atoms with Gasteiger partial charge in [-0.05, 0) is 61.2 Å². The van der Waals surface area contributed by atoms with Gasteiger partial charge >= 0.3 is 0 Å². The molecule has 36 heavy (non-hydrogen) atoms. The van der Waals surface area contributed by atoms with Crippen LogP contribution in [0.2, 0.25) is 0 Å². The van der Waals surface area contributed by atoms with Gasteiger partial charge in [-0.15, -0.1) is 0 Å². The molecule has 0 bridgehead atoms. The summed E-state index contributed by atoms with van der Waals surface area (Å²) in [5, 5.41) is 67.2. The molecule has 0 aromatic heterocycles. The number of hydrogen-bond acceptors (Lipinski definition) is 9. The van der Waals surface area contributed by atoms with Crippen molar-refractivity contribution < 1.29 is 45.2 Å². The highest BCUT2D eigenvalue weighted by Gasteiger charge is 2.59. The van der Waals surface area contributed by atoms with E-state index in [-0.39, 0.29) is 29.0 Å². The summed E-state index contributed by atoms with van der Waals surface area (Å²) in [6, 6.07) is 0. The van der Waals surface area contributed by atoms with Gasteiger partial charge in [-0.2, -0.15) is 0 Å². The van der Waals surface area contributed by atoms with Gasteiger partial charge < -0.3 is 45.2 Å². The highest BCUT2D eigenvalue weighted by atomic mass is 16.7. The zero-order valence-electron chi connectivity index (χ0n) is 22.4. The summed E-state index contributed by atoms with van der Waals surface area (Å²) in [7, 11) is 1.00. The van der Waals surface area contributed by atoms with Gasteiger partial charge in [0.1, 0.15) is 24.4 Å². The molecule has 0 unspecified atom stereocenters. The first-order valence-electron chi connectivity index (χ1n) is 13.3. The van der Waals surface area contributed by atoms with Crippen LogP contribution in [0.25, 0.3) is 0 Å². The molecule has 1 aliphatic heterocycles. The topological polar surface area (TPSA) is 160 Å². The van der Waals surface area contributed by atoms with Gasteiger partial charge in [-0.25, -0.2) is 0 Å². The van der Waals surface area contributed by atoms with Crippen LogP contribution >= 0.6 is 0 Å². The lowest BCUT2D eigenvalue weighted by atomic mass is 9.45. The molecule has 0 spiro atoms. The molecule has 4 aliphatic rings. The Kier molecular flexibility index (Phi) is 9.34. The largest absolute Gasteiger partial charge is 0.400 e. The number of allylic oxidation sites excluding steroid dienone is 1. The smallest absolute Gasteiger partial charge is 0.186 e. The van der Waals surface area contributed by atoms with Gasteiger partial charge in [0.25, 0.3) is 0 Å². The predicted octanol–water partition coefficient (Wildman–Crippen LogP) is 0.712. The van der Waals surface area contributed by atoms with Crippen LogP contribution in [0.5, 0.6) is 0 Å². The molecular weight excluding hydrogens is 468 g/mol. The van der Waals surface area contributed by atoms with E-state index in [1.54, 1.807) is 0 Å². The van der Waals surface area contributed by atoms with E-state index in [0.29, 0.717) is 11.8 Å². The van der Waals surface area contributed by atoms with Crippen molar-refractivity contribution in [2.24, 2.45) is 28.1 Å². The summed E-state index contributed by atoms with van der Waals surface area (Å²) in [6.07, 6.45) is 0.468. The molecule has 0 amide bonds. The fourth-order valence-corrected chi connectivity index (χ4v) is 7.79. The lowest BCUT2D eigenvalue weighted by Crippen LogP contribution is -2.62. The second kappa shape index (κ2) is 11.2. The molecule has 4 rings (SSSR count). The molecule has 1 heterocycles. The number of fused-ring (bicyclic) bond motifs is 3. The minimum atomic E-state index is -1.44. The molecule has 11 atom stereocenters. The van der Waals surface area contributed by atoms with E-state index >= 15 is 0 Å². The number of hydrogen-bond donors (Lipinski definition) is 7. The molecule has 1 saturated heterocycles. The maximum absolute atomic E-state index is 10.5. The van der Waals surface area contributed by atoms with Crippen molar-refractivity contribution in [3.05, 3.63) is 11.6 Å². The van der Waals surface area contributed by atoms with E-state index in [9.17, 15) is 30.6 Å². The highest BCUT2D eigenvalue weighted by molar-refractivity contribution is 5.25. The van der Waals surface area contributed by atoms with Crippen molar-refractivity contribution >= 4 is 0 Å².